The minimum absolute atomic E-state index is 0.0769. The molecule has 0 aliphatic carbocycles. The van der Waals surface area contributed by atoms with Crippen molar-refractivity contribution in [1.82, 2.24) is 44.8 Å². The Kier molecular flexibility index (Phi) is 18.9. The molecule has 5 heterocycles. The standard InChI is InChI=1S/C16H16ClF3N4O2.C15H21Cl2N3O4.C11H14BF3N2O2/c1-15(2,3)26-12(25)5-4-10-6-11(24-14(17)23-10)9-7-21-13(22-8-9)16(18,19)20;1-14(2,3)23-12(21)20(13(22)24-15(4,5)6)8-9-7-10(16)19-11(17)18-9;1-9(2)10(3,4)19-12(18-9)7-5-16-8(17-6-7)11(13,14)15/h6-8H,4-5H2,1-3H3;7H,8H2,1-6H3;5-6H,1-4H3. The fraction of sp³-hybridized carbons (Fsp3) is 0.548. The lowest BCUT2D eigenvalue weighted by atomic mass is 9.81. The minimum Gasteiger partial charge on any atom is -0.460 e. The van der Waals surface area contributed by atoms with Crippen LogP contribution in [0.5, 0.6) is 0 Å². The lowest BCUT2D eigenvalue weighted by Gasteiger charge is -2.32. The van der Waals surface area contributed by atoms with E-state index in [1.165, 1.54) is 12.1 Å². The number of hydrogen-bond acceptors (Lipinski definition) is 16. The molecule has 5 rings (SSSR count). The predicted octanol–water partition coefficient (Wildman–Crippen LogP) is 10.1. The van der Waals surface area contributed by atoms with Crippen molar-refractivity contribution in [2.24, 2.45) is 0 Å². The van der Waals surface area contributed by atoms with Gasteiger partial charge >= 0.3 is 37.6 Å². The van der Waals surface area contributed by atoms with Crippen molar-refractivity contribution in [2.75, 3.05) is 0 Å². The molecule has 1 fully saturated rings. The number of carbonyl (C=O) groups excluding carboxylic acids is 3. The zero-order valence-electron chi connectivity index (χ0n) is 39.9. The summed E-state index contributed by atoms with van der Waals surface area (Å²) in [6.07, 6.45) is -6.40. The van der Waals surface area contributed by atoms with Crippen LogP contribution in [0, 0.1) is 0 Å². The molecular formula is C42H51BCl3F6N9O8. The third-order valence-corrected chi connectivity index (χ3v) is 9.21. The Morgan fingerprint density at radius 2 is 1.04 bits per heavy atom. The molecule has 0 atom stereocenters. The monoisotopic (exact) mass is 1040 g/mol. The van der Waals surface area contributed by atoms with E-state index in [0.29, 0.717) is 11.2 Å². The highest BCUT2D eigenvalue weighted by Crippen LogP contribution is 2.36. The van der Waals surface area contributed by atoms with E-state index in [1.54, 1.807) is 62.3 Å². The number of esters is 1. The Morgan fingerprint density at radius 3 is 1.46 bits per heavy atom. The van der Waals surface area contributed by atoms with Gasteiger partial charge in [0.1, 0.15) is 22.0 Å². The zero-order chi connectivity index (χ0) is 52.7. The Hall–Kier alpha value is -5.04. The van der Waals surface area contributed by atoms with Crippen LogP contribution < -0.4 is 5.46 Å². The van der Waals surface area contributed by atoms with Gasteiger partial charge in [-0.3, -0.25) is 4.79 Å². The first kappa shape index (κ1) is 58.3. The van der Waals surface area contributed by atoms with E-state index < -0.39 is 77.3 Å². The van der Waals surface area contributed by atoms with Crippen molar-refractivity contribution >= 4 is 65.5 Å². The van der Waals surface area contributed by atoms with Gasteiger partial charge in [0.2, 0.25) is 22.2 Å². The number of alkyl halides is 6. The molecule has 2 amide bonds. The van der Waals surface area contributed by atoms with Crippen molar-refractivity contribution in [2.45, 2.75) is 150 Å². The maximum Gasteiger partial charge on any atom is 0.498 e. The Morgan fingerprint density at radius 1 is 0.623 bits per heavy atom. The van der Waals surface area contributed by atoms with Gasteiger partial charge in [-0.25, -0.2) is 54.4 Å². The van der Waals surface area contributed by atoms with Crippen molar-refractivity contribution in [3.8, 4) is 11.3 Å². The molecule has 69 heavy (non-hydrogen) atoms. The number of carbonyl (C=O) groups is 3. The molecule has 17 nitrogen and oxygen atoms in total. The molecule has 1 aliphatic heterocycles. The molecule has 27 heteroatoms. The second-order valence-electron chi connectivity index (χ2n) is 18.8. The summed E-state index contributed by atoms with van der Waals surface area (Å²) in [5.41, 5.74) is -1.66. The largest absolute Gasteiger partial charge is 0.498 e. The number of aryl methyl sites for hydroxylation is 1. The minimum atomic E-state index is -4.62. The zero-order valence-corrected chi connectivity index (χ0v) is 42.1. The number of aromatic nitrogens is 8. The first-order valence-corrected chi connectivity index (χ1v) is 21.7. The van der Waals surface area contributed by atoms with E-state index in [4.69, 9.17) is 58.3 Å². The van der Waals surface area contributed by atoms with E-state index >= 15 is 0 Å². The van der Waals surface area contributed by atoms with Crippen molar-refractivity contribution in [3.63, 3.8) is 0 Å². The maximum atomic E-state index is 12.5. The summed E-state index contributed by atoms with van der Waals surface area (Å²) < 4.78 is 102. The molecule has 0 radical (unpaired) electrons. The van der Waals surface area contributed by atoms with Gasteiger partial charge in [0.05, 0.1) is 35.6 Å². The molecule has 4 aromatic heterocycles. The van der Waals surface area contributed by atoms with Crippen LogP contribution in [0.15, 0.2) is 36.9 Å². The first-order chi connectivity index (χ1) is 31.2. The van der Waals surface area contributed by atoms with Crippen LogP contribution in [0.3, 0.4) is 0 Å². The smallest absolute Gasteiger partial charge is 0.460 e. The molecule has 1 saturated heterocycles. The summed E-state index contributed by atoms with van der Waals surface area (Å²) in [6.45, 7) is 22.6. The predicted molar refractivity (Wildman–Crippen MR) is 240 cm³/mol. The molecule has 378 valence electrons. The SMILES string of the molecule is CC(C)(C)OC(=O)CCc1cc(-c2cnc(C(F)(F)F)nc2)nc(Cl)n1.CC(C)(C)OC(=O)N(Cc1cc(Cl)nc(Cl)n1)C(=O)OC(C)(C)C.CC1(C)OB(c2cnc(C(F)(F)F)nc2)OC1(C)C. The van der Waals surface area contributed by atoms with Crippen molar-refractivity contribution in [1.29, 1.82) is 0 Å². The molecule has 0 aromatic carbocycles. The Labute approximate surface area is 409 Å². The van der Waals surface area contributed by atoms with Gasteiger partial charge in [0.25, 0.3) is 0 Å². The Balaban J connectivity index is 0.000000277. The number of imide groups is 1. The van der Waals surface area contributed by atoms with Crippen LogP contribution in [0.4, 0.5) is 35.9 Å². The molecule has 4 aromatic rings. The number of halogens is 9. The fourth-order valence-corrected chi connectivity index (χ4v) is 5.72. The third kappa shape index (κ3) is 19.4. The average Bonchev–Trinajstić information content (AvgIpc) is 3.39. The summed E-state index contributed by atoms with van der Waals surface area (Å²) in [4.78, 5) is 66.1. The fourth-order valence-electron chi connectivity index (χ4n) is 5.07. The highest BCUT2D eigenvalue weighted by atomic mass is 35.5. The van der Waals surface area contributed by atoms with Gasteiger partial charge in [-0.05, 0) is 125 Å². The van der Waals surface area contributed by atoms with Gasteiger partial charge in [0.15, 0.2) is 0 Å². The van der Waals surface area contributed by atoms with Crippen LogP contribution in [-0.4, -0.2) is 98.1 Å². The van der Waals surface area contributed by atoms with Crippen molar-refractivity contribution < 1.29 is 64.2 Å². The average molecular weight is 1040 g/mol. The molecule has 0 bridgehead atoms. The van der Waals surface area contributed by atoms with Gasteiger partial charge in [-0.2, -0.15) is 26.3 Å². The van der Waals surface area contributed by atoms with Crippen LogP contribution >= 0.6 is 34.8 Å². The van der Waals surface area contributed by atoms with E-state index in [9.17, 15) is 40.7 Å². The van der Waals surface area contributed by atoms with Crippen molar-refractivity contribution in [3.05, 3.63) is 75.7 Å². The van der Waals surface area contributed by atoms with E-state index in [0.717, 1.165) is 29.7 Å². The second-order valence-corrected chi connectivity index (χ2v) is 19.9. The van der Waals surface area contributed by atoms with E-state index in [-0.39, 0.29) is 52.1 Å². The van der Waals surface area contributed by atoms with Gasteiger partial charge in [0, 0.05) is 47.9 Å². The van der Waals surface area contributed by atoms with E-state index in [2.05, 4.69) is 39.9 Å². The van der Waals surface area contributed by atoms with Crippen LogP contribution in [0.1, 0.15) is 119 Å². The summed E-state index contributed by atoms with van der Waals surface area (Å²) in [6, 6.07) is 2.91. The number of amides is 2. The van der Waals surface area contributed by atoms with E-state index in [1.807, 2.05) is 27.7 Å². The number of ether oxygens (including phenoxy) is 3. The summed E-state index contributed by atoms with van der Waals surface area (Å²) in [5, 5.41) is -0.0919. The summed E-state index contributed by atoms with van der Waals surface area (Å²) in [7, 11) is -0.757. The first-order valence-electron chi connectivity index (χ1n) is 20.6. The number of rotatable bonds is 7. The highest BCUT2D eigenvalue weighted by molar-refractivity contribution is 6.61. The number of nitrogens with zero attached hydrogens (tertiary/aromatic N) is 9. The maximum absolute atomic E-state index is 12.5. The lowest BCUT2D eigenvalue weighted by molar-refractivity contribution is -0.154. The number of hydrogen-bond donors (Lipinski definition) is 0. The van der Waals surface area contributed by atoms with Crippen LogP contribution in [-0.2, 0) is 53.6 Å². The molecule has 0 saturated carbocycles. The topological polar surface area (TPSA) is 204 Å². The Bertz CT molecular complexity index is 2350. The molecular weight excluding hydrogens is 990 g/mol. The molecule has 0 N–H and O–H groups in total. The quantitative estimate of drug-likeness (QED) is 0.0422. The molecule has 0 unspecified atom stereocenters. The van der Waals surface area contributed by atoms with Gasteiger partial charge < -0.3 is 23.5 Å². The summed E-state index contributed by atoms with van der Waals surface area (Å²) >= 11 is 17.4. The third-order valence-electron chi connectivity index (χ3n) is 8.68. The lowest BCUT2D eigenvalue weighted by Crippen LogP contribution is -2.43. The molecule has 0 spiro atoms. The summed E-state index contributed by atoms with van der Waals surface area (Å²) in [5.74, 6) is -2.81. The highest BCUT2D eigenvalue weighted by Gasteiger charge is 2.52. The van der Waals surface area contributed by atoms with Crippen LogP contribution in [0.2, 0.25) is 15.7 Å². The van der Waals surface area contributed by atoms with Gasteiger partial charge in [-0.1, -0.05) is 11.6 Å². The normalized spacial score (nSPS) is 14.7. The molecule has 1 aliphatic rings. The second kappa shape index (κ2) is 22.4. The van der Waals surface area contributed by atoms with Crippen LogP contribution in [0.25, 0.3) is 11.3 Å². The van der Waals surface area contributed by atoms with Gasteiger partial charge in [-0.15, -0.1) is 0 Å².